The largest absolute Gasteiger partial charge is 0.304 e. The van der Waals surface area contributed by atoms with E-state index in [2.05, 4.69) is 5.32 Å². The zero-order valence-electron chi connectivity index (χ0n) is 6.60. The lowest BCUT2D eigenvalue weighted by Gasteiger charge is -2.30. The van der Waals surface area contributed by atoms with E-state index in [1.54, 1.807) is 6.08 Å². The topological polar surface area (TPSA) is 29.1 Å². The van der Waals surface area contributed by atoms with Gasteiger partial charge in [0.1, 0.15) is 5.94 Å². The van der Waals surface area contributed by atoms with Gasteiger partial charge in [-0.15, -0.1) is 0 Å². The third-order valence-corrected chi connectivity index (χ3v) is 2.94. The monoisotopic (exact) mass is 151 g/mol. The Hall–Kier alpha value is -0.590. The summed E-state index contributed by atoms with van der Waals surface area (Å²) in [7, 11) is 0. The van der Waals surface area contributed by atoms with Crippen LogP contribution >= 0.6 is 0 Å². The fraction of sp³-hybridized carbons (Fsp3) is 0.778. The molecule has 2 heteroatoms. The van der Waals surface area contributed by atoms with Crippen LogP contribution < -0.4 is 5.32 Å². The van der Waals surface area contributed by atoms with E-state index in [9.17, 15) is 4.79 Å². The number of piperidine rings is 1. The maximum absolute atomic E-state index is 10.2. The Bertz CT molecular complexity index is 204. The third kappa shape index (κ3) is 1.13. The lowest BCUT2D eigenvalue weighted by Crippen LogP contribution is -2.44. The zero-order chi connectivity index (χ0) is 7.73. The van der Waals surface area contributed by atoms with Crippen molar-refractivity contribution in [3.8, 4) is 0 Å². The molecule has 0 saturated carbocycles. The van der Waals surface area contributed by atoms with E-state index in [-0.39, 0.29) is 5.54 Å². The second-order valence-electron chi connectivity index (χ2n) is 3.69. The van der Waals surface area contributed by atoms with Crippen LogP contribution in [0.5, 0.6) is 0 Å². The van der Waals surface area contributed by atoms with E-state index < -0.39 is 0 Å². The summed E-state index contributed by atoms with van der Waals surface area (Å²) in [6.07, 6.45) is 7.72. The Morgan fingerprint density at radius 3 is 3.18 bits per heavy atom. The Labute approximate surface area is 66.7 Å². The summed E-state index contributed by atoms with van der Waals surface area (Å²) in [5, 5.41) is 3.49. The maximum atomic E-state index is 10.2. The molecule has 11 heavy (non-hydrogen) atoms. The highest BCUT2D eigenvalue weighted by molar-refractivity contribution is 5.49. The molecule has 0 aromatic rings. The van der Waals surface area contributed by atoms with Gasteiger partial charge < -0.3 is 5.32 Å². The van der Waals surface area contributed by atoms with Crippen LogP contribution in [-0.2, 0) is 4.79 Å². The first-order valence-electron chi connectivity index (χ1n) is 4.34. The summed E-state index contributed by atoms with van der Waals surface area (Å²) in [6.45, 7) is 0. The fourth-order valence-corrected chi connectivity index (χ4v) is 2.36. The summed E-state index contributed by atoms with van der Waals surface area (Å²) in [5.41, 5.74) is 0.0463. The number of carbonyl (C=O) groups excluding carboxylic acids is 1. The van der Waals surface area contributed by atoms with E-state index in [4.69, 9.17) is 0 Å². The second-order valence-corrected chi connectivity index (χ2v) is 3.69. The summed E-state index contributed by atoms with van der Waals surface area (Å²) < 4.78 is 0. The van der Waals surface area contributed by atoms with Crippen LogP contribution in [0.4, 0.5) is 0 Å². The average Bonchev–Trinajstić information content (AvgIpc) is 2.28. The van der Waals surface area contributed by atoms with E-state index in [1.807, 2.05) is 5.94 Å². The predicted octanol–water partition coefficient (Wildman–Crippen LogP) is 1.05. The quantitative estimate of drug-likeness (QED) is 0.567. The number of rotatable bonds is 1. The molecule has 0 spiro atoms. The van der Waals surface area contributed by atoms with Crippen molar-refractivity contribution in [2.24, 2.45) is 0 Å². The molecule has 2 nitrogen and oxygen atoms in total. The lowest BCUT2D eigenvalue weighted by molar-refractivity contribution is 0.334. The van der Waals surface area contributed by atoms with Gasteiger partial charge >= 0.3 is 0 Å². The van der Waals surface area contributed by atoms with Gasteiger partial charge in [0.05, 0.1) is 0 Å². The summed E-state index contributed by atoms with van der Waals surface area (Å²) in [5.74, 6) is 1.92. The molecule has 0 amide bonds. The molecule has 0 radical (unpaired) electrons. The van der Waals surface area contributed by atoms with Crippen molar-refractivity contribution in [1.82, 2.24) is 5.32 Å². The van der Waals surface area contributed by atoms with E-state index in [0.717, 1.165) is 12.8 Å². The van der Waals surface area contributed by atoms with Crippen LogP contribution in [0.25, 0.3) is 0 Å². The van der Waals surface area contributed by atoms with Gasteiger partial charge in [0, 0.05) is 17.7 Å². The van der Waals surface area contributed by atoms with Crippen molar-refractivity contribution < 1.29 is 4.79 Å². The van der Waals surface area contributed by atoms with Crippen LogP contribution in [0, 0.1) is 0 Å². The predicted molar refractivity (Wildman–Crippen MR) is 43.0 cm³/mol. The molecule has 2 unspecified atom stereocenters. The highest BCUT2D eigenvalue weighted by Crippen LogP contribution is 2.35. The van der Waals surface area contributed by atoms with Gasteiger partial charge in [0.25, 0.3) is 0 Å². The number of fused-ring (bicyclic) bond motifs is 2. The molecule has 60 valence electrons. The van der Waals surface area contributed by atoms with Crippen molar-refractivity contribution in [3.05, 3.63) is 6.08 Å². The molecule has 2 fully saturated rings. The minimum Gasteiger partial charge on any atom is -0.304 e. The Morgan fingerprint density at radius 2 is 2.36 bits per heavy atom. The van der Waals surface area contributed by atoms with Crippen molar-refractivity contribution in [1.29, 1.82) is 0 Å². The van der Waals surface area contributed by atoms with Crippen LogP contribution in [0.1, 0.15) is 32.1 Å². The zero-order valence-corrected chi connectivity index (χ0v) is 6.60. The summed E-state index contributed by atoms with van der Waals surface area (Å²) in [4.78, 5) is 10.2. The lowest BCUT2D eigenvalue weighted by atomic mass is 9.91. The molecule has 2 atom stereocenters. The smallest absolute Gasteiger partial charge is 0.121 e. The summed E-state index contributed by atoms with van der Waals surface area (Å²) in [6, 6.07) is 0.674. The molecule has 2 aliphatic heterocycles. The van der Waals surface area contributed by atoms with Gasteiger partial charge in [0.2, 0.25) is 0 Å². The van der Waals surface area contributed by atoms with E-state index in [0.29, 0.717) is 6.04 Å². The SMILES string of the molecule is O=C=CC12CCCC(CC1)N2. The second kappa shape index (κ2) is 2.47. The molecule has 2 heterocycles. The van der Waals surface area contributed by atoms with Gasteiger partial charge in [-0.1, -0.05) is 0 Å². The van der Waals surface area contributed by atoms with Crippen molar-refractivity contribution in [3.63, 3.8) is 0 Å². The normalized spacial score (nSPS) is 41.6. The Balaban J connectivity index is 2.19. The minimum absolute atomic E-state index is 0.0463. The van der Waals surface area contributed by atoms with Gasteiger partial charge in [-0.25, -0.2) is 4.79 Å². The Morgan fingerprint density at radius 1 is 1.45 bits per heavy atom. The first kappa shape index (κ1) is 7.08. The molecular formula is C9H13NO. The molecule has 0 aromatic heterocycles. The Kier molecular flexibility index (Phi) is 1.59. The van der Waals surface area contributed by atoms with Gasteiger partial charge in [-0.05, 0) is 32.1 Å². The van der Waals surface area contributed by atoms with Crippen LogP contribution in [0.15, 0.2) is 6.08 Å². The highest BCUT2D eigenvalue weighted by atomic mass is 16.1. The number of hydrogen-bond acceptors (Lipinski definition) is 2. The van der Waals surface area contributed by atoms with Gasteiger partial charge in [-0.2, -0.15) is 0 Å². The molecule has 1 N–H and O–H groups in total. The van der Waals surface area contributed by atoms with E-state index in [1.165, 1.54) is 19.3 Å². The molecule has 2 rings (SSSR count). The highest BCUT2D eigenvalue weighted by Gasteiger charge is 2.39. The molecular weight excluding hydrogens is 138 g/mol. The first-order chi connectivity index (χ1) is 5.35. The summed E-state index contributed by atoms with van der Waals surface area (Å²) >= 11 is 0. The van der Waals surface area contributed by atoms with Gasteiger partial charge in [-0.3, -0.25) is 0 Å². The molecule has 2 bridgehead atoms. The third-order valence-electron chi connectivity index (χ3n) is 2.94. The van der Waals surface area contributed by atoms with Crippen molar-refractivity contribution in [2.45, 2.75) is 43.7 Å². The molecule has 2 saturated heterocycles. The van der Waals surface area contributed by atoms with Crippen LogP contribution in [0.2, 0.25) is 0 Å². The maximum Gasteiger partial charge on any atom is 0.121 e. The van der Waals surface area contributed by atoms with Crippen molar-refractivity contribution in [2.75, 3.05) is 0 Å². The number of hydrogen-bond donors (Lipinski definition) is 1. The standard InChI is InChI=1S/C9H13NO/c11-7-6-9-4-1-2-8(10-9)3-5-9/h6,8,10H,1-5H2. The van der Waals surface area contributed by atoms with E-state index >= 15 is 0 Å². The molecule has 2 aliphatic rings. The van der Waals surface area contributed by atoms with Crippen LogP contribution in [0.3, 0.4) is 0 Å². The van der Waals surface area contributed by atoms with Gasteiger partial charge in [0.15, 0.2) is 0 Å². The number of nitrogens with one attached hydrogen (secondary N) is 1. The van der Waals surface area contributed by atoms with Crippen molar-refractivity contribution >= 4 is 5.94 Å². The minimum atomic E-state index is 0.0463. The fourth-order valence-electron chi connectivity index (χ4n) is 2.36. The molecule has 0 aliphatic carbocycles. The molecule has 0 aromatic carbocycles. The average molecular weight is 151 g/mol. The van der Waals surface area contributed by atoms with Crippen LogP contribution in [-0.4, -0.2) is 17.5 Å². The first-order valence-corrected chi connectivity index (χ1v) is 4.34.